The zero-order chi connectivity index (χ0) is 18.8. The molecule has 25 heavy (non-hydrogen) atoms. The number of ether oxygens (including phenoxy) is 1. The highest BCUT2D eigenvalue weighted by atomic mass is 16.6. The highest BCUT2D eigenvalue weighted by molar-refractivity contribution is 5.93. The molecular formula is C18H23N3O4. The number of nitrogens with one attached hydrogen (secondary N) is 1. The predicted molar refractivity (Wildman–Crippen MR) is 98.3 cm³/mol. The maximum atomic E-state index is 12.4. The minimum atomic E-state index is -0.611. The van der Waals surface area contributed by atoms with Gasteiger partial charge in [0.2, 0.25) is 0 Å². The van der Waals surface area contributed by atoms with E-state index in [-0.39, 0.29) is 6.01 Å². The van der Waals surface area contributed by atoms with Gasteiger partial charge in [0.25, 0.3) is 0 Å². The normalized spacial score (nSPS) is 11.2. The summed E-state index contributed by atoms with van der Waals surface area (Å²) in [4.78, 5) is 30.4. The second-order valence-corrected chi connectivity index (χ2v) is 6.71. The molecule has 1 aromatic heterocycles. The largest absolute Gasteiger partial charge is 0.444 e. The van der Waals surface area contributed by atoms with Crippen LogP contribution in [0.5, 0.6) is 0 Å². The monoisotopic (exact) mass is 345 g/mol. The number of likely N-dealkylation sites (N-methyl/N-ethyl adjacent to an activating group) is 1. The van der Waals surface area contributed by atoms with Crippen LogP contribution in [0.3, 0.4) is 0 Å². The lowest BCUT2D eigenvalue weighted by Gasteiger charge is -2.20. The van der Waals surface area contributed by atoms with Crippen molar-refractivity contribution < 1.29 is 13.9 Å². The number of benzene rings is 1. The maximum Gasteiger partial charge on any atom is 0.412 e. The molecule has 0 saturated heterocycles. The Kier molecular flexibility index (Phi) is 5.15. The van der Waals surface area contributed by atoms with Crippen LogP contribution in [-0.4, -0.2) is 30.3 Å². The number of hydrogen-bond donors (Lipinski definition) is 1. The first kappa shape index (κ1) is 18.5. The van der Waals surface area contributed by atoms with Crippen LogP contribution in [0.2, 0.25) is 0 Å². The van der Waals surface area contributed by atoms with E-state index in [0.717, 1.165) is 0 Å². The topological polar surface area (TPSA) is 84.7 Å². The fourth-order valence-electron chi connectivity index (χ4n) is 2.29. The molecule has 0 bridgehead atoms. The van der Waals surface area contributed by atoms with Crippen molar-refractivity contribution >= 4 is 28.7 Å². The fourth-order valence-corrected chi connectivity index (χ4v) is 2.29. The van der Waals surface area contributed by atoms with Crippen LogP contribution in [0, 0.1) is 6.92 Å². The molecule has 1 N–H and O–H groups in total. The van der Waals surface area contributed by atoms with E-state index >= 15 is 0 Å². The quantitative estimate of drug-likeness (QED) is 0.854. The number of nitrogens with zero attached hydrogens (tertiary/aromatic N) is 2. The van der Waals surface area contributed by atoms with Gasteiger partial charge in [-0.15, -0.1) is 6.58 Å². The second-order valence-electron chi connectivity index (χ2n) is 6.71. The van der Waals surface area contributed by atoms with Crippen molar-refractivity contribution in [1.82, 2.24) is 4.98 Å². The molecule has 0 spiro atoms. The Hall–Kier alpha value is -2.83. The van der Waals surface area contributed by atoms with Crippen molar-refractivity contribution in [3.05, 3.63) is 40.8 Å². The Morgan fingerprint density at radius 1 is 1.44 bits per heavy atom. The summed E-state index contributed by atoms with van der Waals surface area (Å²) in [7, 11) is 1.75. The van der Waals surface area contributed by atoms with Crippen LogP contribution in [0.4, 0.5) is 16.5 Å². The van der Waals surface area contributed by atoms with Crippen molar-refractivity contribution in [2.75, 3.05) is 23.8 Å². The number of carbonyl (C=O) groups excluding carboxylic acids is 1. The fraction of sp³-hybridized carbons (Fsp3) is 0.389. The van der Waals surface area contributed by atoms with Crippen LogP contribution in [0.1, 0.15) is 26.3 Å². The van der Waals surface area contributed by atoms with Gasteiger partial charge < -0.3 is 14.1 Å². The van der Waals surface area contributed by atoms with Crippen LogP contribution in [0.15, 0.2) is 34.0 Å². The number of aryl methyl sites for hydroxylation is 1. The van der Waals surface area contributed by atoms with E-state index in [9.17, 15) is 9.59 Å². The van der Waals surface area contributed by atoms with E-state index in [1.165, 1.54) is 0 Å². The first-order valence-electron chi connectivity index (χ1n) is 7.89. The summed E-state index contributed by atoms with van der Waals surface area (Å²) < 4.78 is 10.5. The molecule has 0 aliphatic heterocycles. The summed E-state index contributed by atoms with van der Waals surface area (Å²) in [5.74, 6) is 0. The summed E-state index contributed by atoms with van der Waals surface area (Å²) in [6.45, 7) is 11.2. The van der Waals surface area contributed by atoms with Gasteiger partial charge in [0.1, 0.15) is 5.60 Å². The Morgan fingerprint density at radius 3 is 2.72 bits per heavy atom. The molecular weight excluding hydrogens is 322 g/mol. The van der Waals surface area contributed by atoms with E-state index in [1.807, 2.05) is 0 Å². The van der Waals surface area contributed by atoms with Gasteiger partial charge in [-0.3, -0.25) is 5.32 Å². The number of anilines is 2. The van der Waals surface area contributed by atoms with Crippen molar-refractivity contribution in [2.24, 2.45) is 0 Å². The molecule has 0 saturated carbocycles. The lowest BCUT2D eigenvalue weighted by atomic mass is 10.1. The lowest BCUT2D eigenvalue weighted by Crippen LogP contribution is -2.27. The molecule has 2 rings (SSSR count). The van der Waals surface area contributed by atoms with Crippen LogP contribution in [-0.2, 0) is 4.74 Å². The van der Waals surface area contributed by atoms with Crippen LogP contribution >= 0.6 is 0 Å². The summed E-state index contributed by atoms with van der Waals surface area (Å²) >= 11 is 0. The Morgan fingerprint density at radius 2 is 2.12 bits per heavy atom. The Bertz CT molecular complexity index is 865. The molecule has 7 nitrogen and oxygen atoms in total. The van der Waals surface area contributed by atoms with Crippen molar-refractivity contribution in [3.63, 3.8) is 0 Å². The number of rotatable bonds is 4. The predicted octanol–water partition coefficient (Wildman–Crippen LogP) is 3.47. The van der Waals surface area contributed by atoms with E-state index in [0.29, 0.717) is 28.7 Å². The molecule has 0 fully saturated rings. The third-order valence-electron chi connectivity index (χ3n) is 3.41. The number of amides is 1. The van der Waals surface area contributed by atoms with Gasteiger partial charge in [-0.1, -0.05) is 6.08 Å². The molecule has 0 radical (unpaired) electrons. The zero-order valence-corrected chi connectivity index (χ0v) is 15.2. The number of fused-ring (bicyclic) bond motifs is 1. The highest BCUT2D eigenvalue weighted by Crippen LogP contribution is 2.24. The standard InChI is InChI=1S/C18H23N3O4/c1-7-10-21(6)16-19-13-9-8-12(11(2)14(13)15(22)24-16)20-17(23)25-18(3,4)5/h7-9H,1,10H2,2-6H3,(H,20,23). The van der Waals surface area contributed by atoms with Gasteiger partial charge in [0.05, 0.1) is 10.9 Å². The Balaban J connectivity index is 2.41. The summed E-state index contributed by atoms with van der Waals surface area (Å²) in [6, 6.07) is 3.56. The first-order valence-corrected chi connectivity index (χ1v) is 7.89. The van der Waals surface area contributed by atoms with Gasteiger partial charge in [-0.05, 0) is 45.4 Å². The van der Waals surface area contributed by atoms with E-state index in [1.54, 1.807) is 57.9 Å². The molecule has 2 aromatic rings. The Labute approximate surface area is 146 Å². The molecule has 1 aromatic carbocycles. The summed E-state index contributed by atoms with van der Waals surface area (Å²) in [6.07, 6.45) is 1.10. The van der Waals surface area contributed by atoms with Crippen LogP contribution in [0.25, 0.3) is 10.9 Å². The maximum absolute atomic E-state index is 12.4. The average molecular weight is 345 g/mol. The smallest absolute Gasteiger partial charge is 0.412 e. The third kappa shape index (κ3) is 4.37. The summed E-state index contributed by atoms with van der Waals surface area (Å²) in [5, 5.41) is 2.97. The average Bonchev–Trinajstić information content (AvgIpc) is 2.48. The molecule has 0 unspecified atom stereocenters. The van der Waals surface area contributed by atoms with E-state index in [2.05, 4.69) is 16.9 Å². The van der Waals surface area contributed by atoms with E-state index in [4.69, 9.17) is 9.15 Å². The molecule has 0 aliphatic carbocycles. The molecule has 1 amide bonds. The SMILES string of the molecule is C=CCN(C)c1nc2ccc(NC(=O)OC(C)(C)C)c(C)c2c(=O)o1. The highest BCUT2D eigenvalue weighted by Gasteiger charge is 2.19. The molecule has 0 atom stereocenters. The molecule has 7 heteroatoms. The third-order valence-corrected chi connectivity index (χ3v) is 3.41. The van der Waals surface area contributed by atoms with Crippen LogP contribution < -0.4 is 15.8 Å². The zero-order valence-electron chi connectivity index (χ0n) is 15.2. The van der Waals surface area contributed by atoms with Crippen molar-refractivity contribution in [1.29, 1.82) is 0 Å². The molecule has 0 aliphatic rings. The van der Waals surface area contributed by atoms with Gasteiger partial charge in [0, 0.05) is 19.3 Å². The molecule has 1 heterocycles. The number of aromatic nitrogens is 1. The van der Waals surface area contributed by atoms with E-state index < -0.39 is 17.3 Å². The molecule has 134 valence electrons. The van der Waals surface area contributed by atoms with Gasteiger partial charge in [-0.25, -0.2) is 9.59 Å². The van der Waals surface area contributed by atoms with Gasteiger partial charge in [0.15, 0.2) is 0 Å². The number of hydrogen-bond acceptors (Lipinski definition) is 6. The minimum Gasteiger partial charge on any atom is -0.444 e. The summed E-state index contributed by atoms with van der Waals surface area (Å²) in [5.41, 5.74) is 0.418. The van der Waals surface area contributed by atoms with Crippen molar-refractivity contribution in [2.45, 2.75) is 33.3 Å². The second kappa shape index (κ2) is 6.96. The lowest BCUT2D eigenvalue weighted by molar-refractivity contribution is 0.0636. The van der Waals surface area contributed by atoms with Gasteiger partial charge in [-0.2, -0.15) is 4.98 Å². The first-order chi connectivity index (χ1) is 11.6. The van der Waals surface area contributed by atoms with Crippen molar-refractivity contribution in [3.8, 4) is 0 Å². The number of carbonyl (C=O) groups is 1. The minimum absolute atomic E-state index is 0.213. The van der Waals surface area contributed by atoms with Gasteiger partial charge >= 0.3 is 17.7 Å².